The maximum atomic E-state index is 12.2. The van der Waals surface area contributed by atoms with E-state index in [0.29, 0.717) is 11.3 Å². The van der Waals surface area contributed by atoms with Gasteiger partial charge in [0, 0.05) is 25.7 Å². The Morgan fingerprint density at radius 1 is 1.24 bits per heavy atom. The van der Waals surface area contributed by atoms with E-state index in [4.69, 9.17) is 9.26 Å². The standard InChI is InChI=1S/C15H16N2O4/c1-10-9-12(21-16-10)15(19)20-13(14(18)17(2)3)11-7-5-4-6-8-11/h4-9,13H,1-3H3. The van der Waals surface area contributed by atoms with Gasteiger partial charge in [0.25, 0.3) is 5.91 Å². The maximum Gasteiger partial charge on any atom is 0.378 e. The van der Waals surface area contributed by atoms with Gasteiger partial charge in [-0.2, -0.15) is 0 Å². The SMILES string of the molecule is Cc1cc(C(=O)OC(C(=O)N(C)C)c2ccccc2)on1. The van der Waals surface area contributed by atoms with Gasteiger partial charge in [-0.05, 0) is 6.92 Å². The van der Waals surface area contributed by atoms with Crippen LogP contribution >= 0.6 is 0 Å². The van der Waals surface area contributed by atoms with Crippen molar-refractivity contribution in [3.63, 3.8) is 0 Å². The fraction of sp³-hybridized carbons (Fsp3) is 0.267. The smallest absolute Gasteiger partial charge is 0.378 e. The molecular formula is C15H16N2O4. The molecule has 2 rings (SSSR count). The monoisotopic (exact) mass is 288 g/mol. The van der Waals surface area contributed by atoms with E-state index >= 15 is 0 Å². The molecule has 110 valence electrons. The van der Waals surface area contributed by atoms with E-state index in [9.17, 15) is 9.59 Å². The number of amides is 1. The van der Waals surface area contributed by atoms with Gasteiger partial charge in [0.2, 0.25) is 11.9 Å². The van der Waals surface area contributed by atoms with Gasteiger partial charge in [0.15, 0.2) is 0 Å². The van der Waals surface area contributed by atoms with E-state index in [1.165, 1.54) is 11.0 Å². The van der Waals surface area contributed by atoms with Gasteiger partial charge >= 0.3 is 5.97 Å². The summed E-state index contributed by atoms with van der Waals surface area (Å²) in [6.07, 6.45) is -1.01. The molecule has 1 aromatic carbocycles. The number of esters is 1. The number of carbonyl (C=O) groups is 2. The first-order valence-corrected chi connectivity index (χ1v) is 6.39. The summed E-state index contributed by atoms with van der Waals surface area (Å²) >= 11 is 0. The molecule has 0 aliphatic rings. The number of rotatable bonds is 4. The summed E-state index contributed by atoms with van der Waals surface area (Å²) in [7, 11) is 3.20. The number of hydrogen-bond acceptors (Lipinski definition) is 5. The average Bonchev–Trinajstić information content (AvgIpc) is 2.91. The maximum absolute atomic E-state index is 12.2. The van der Waals surface area contributed by atoms with Crippen LogP contribution in [0.25, 0.3) is 0 Å². The number of aryl methyl sites for hydroxylation is 1. The van der Waals surface area contributed by atoms with Crippen molar-refractivity contribution < 1.29 is 18.8 Å². The Kier molecular flexibility index (Phi) is 4.37. The zero-order chi connectivity index (χ0) is 15.4. The normalized spacial score (nSPS) is 11.8. The molecule has 6 heteroatoms. The topological polar surface area (TPSA) is 72.6 Å². The minimum absolute atomic E-state index is 0.0278. The zero-order valence-electron chi connectivity index (χ0n) is 12.1. The van der Waals surface area contributed by atoms with E-state index in [0.717, 1.165) is 0 Å². The van der Waals surface area contributed by atoms with Crippen LogP contribution in [0.4, 0.5) is 0 Å². The molecule has 0 radical (unpaired) electrons. The number of ether oxygens (including phenoxy) is 1. The van der Waals surface area contributed by atoms with Crippen LogP contribution in [-0.4, -0.2) is 36.0 Å². The molecule has 1 atom stereocenters. The third kappa shape index (κ3) is 3.47. The molecule has 0 N–H and O–H groups in total. The second-order valence-electron chi connectivity index (χ2n) is 4.76. The van der Waals surface area contributed by atoms with Gasteiger partial charge in [0.05, 0.1) is 5.69 Å². The summed E-state index contributed by atoms with van der Waals surface area (Å²) in [6, 6.07) is 10.3. The Morgan fingerprint density at radius 2 is 1.90 bits per heavy atom. The van der Waals surface area contributed by atoms with E-state index in [1.54, 1.807) is 45.3 Å². The molecule has 0 aliphatic heterocycles. The molecule has 0 saturated carbocycles. The number of likely N-dealkylation sites (N-methyl/N-ethyl adjacent to an activating group) is 1. The summed E-state index contributed by atoms with van der Waals surface area (Å²) in [6.45, 7) is 1.69. The minimum atomic E-state index is -1.01. The number of nitrogens with zero attached hydrogens (tertiary/aromatic N) is 2. The van der Waals surface area contributed by atoms with Crippen molar-refractivity contribution in [1.29, 1.82) is 0 Å². The van der Waals surface area contributed by atoms with Crippen LogP contribution in [0.2, 0.25) is 0 Å². The van der Waals surface area contributed by atoms with Crippen molar-refractivity contribution in [3.8, 4) is 0 Å². The van der Waals surface area contributed by atoms with Gasteiger partial charge in [-0.1, -0.05) is 35.5 Å². The van der Waals surface area contributed by atoms with E-state index in [2.05, 4.69) is 5.16 Å². The largest absolute Gasteiger partial charge is 0.441 e. The lowest BCUT2D eigenvalue weighted by molar-refractivity contribution is -0.138. The molecule has 1 amide bonds. The van der Waals surface area contributed by atoms with Gasteiger partial charge in [0.1, 0.15) is 0 Å². The Balaban J connectivity index is 2.24. The van der Waals surface area contributed by atoms with Crippen LogP contribution in [0.5, 0.6) is 0 Å². The highest BCUT2D eigenvalue weighted by Gasteiger charge is 2.28. The lowest BCUT2D eigenvalue weighted by Crippen LogP contribution is -2.31. The van der Waals surface area contributed by atoms with Gasteiger partial charge in [-0.15, -0.1) is 0 Å². The molecule has 0 aliphatic carbocycles. The highest BCUT2D eigenvalue weighted by atomic mass is 16.6. The van der Waals surface area contributed by atoms with Crippen molar-refractivity contribution in [2.24, 2.45) is 0 Å². The van der Waals surface area contributed by atoms with Crippen LogP contribution in [0, 0.1) is 6.92 Å². The van der Waals surface area contributed by atoms with Crippen molar-refractivity contribution in [2.75, 3.05) is 14.1 Å². The number of carbonyl (C=O) groups excluding carboxylic acids is 2. The molecule has 2 aromatic rings. The van der Waals surface area contributed by atoms with Crippen LogP contribution in [0.3, 0.4) is 0 Å². The molecule has 21 heavy (non-hydrogen) atoms. The number of hydrogen-bond donors (Lipinski definition) is 0. The molecule has 0 fully saturated rings. The molecular weight excluding hydrogens is 272 g/mol. The molecule has 1 unspecified atom stereocenters. The summed E-state index contributed by atoms with van der Waals surface area (Å²) in [4.78, 5) is 25.6. The van der Waals surface area contributed by atoms with Gasteiger partial charge in [-0.25, -0.2) is 4.79 Å². The van der Waals surface area contributed by atoms with Crippen LogP contribution in [0.1, 0.15) is 27.9 Å². The summed E-state index contributed by atoms with van der Waals surface area (Å²) in [5.74, 6) is -1.08. The van der Waals surface area contributed by atoms with Crippen molar-refractivity contribution in [2.45, 2.75) is 13.0 Å². The van der Waals surface area contributed by atoms with E-state index in [1.807, 2.05) is 6.07 Å². The lowest BCUT2D eigenvalue weighted by atomic mass is 10.1. The Labute approximate surface area is 122 Å². The minimum Gasteiger partial charge on any atom is -0.441 e. The quantitative estimate of drug-likeness (QED) is 0.804. The van der Waals surface area contributed by atoms with Crippen molar-refractivity contribution in [1.82, 2.24) is 10.1 Å². The predicted octanol–water partition coefficient (Wildman–Crippen LogP) is 1.97. The van der Waals surface area contributed by atoms with Gasteiger partial charge in [-0.3, -0.25) is 4.79 Å². The second-order valence-corrected chi connectivity index (χ2v) is 4.76. The molecule has 0 saturated heterocycles. The first kappa shape index (κ1) is 14.8. The molecule has 1 aromatic heterocycles. The first-order chi connectivity index (χ1) is 9.99. The summed E-state index contributed by atoms with van der Waals surface area (Å²) < 4.78 is 10.1. The predicted molar refractivity (Wildman–Crippen MR) is 74.5 cm³/mol. The average molecular weight is 288 g/mol. The van der Waals surface area contributed by atoms with Crippen LogP contribution in [0.15, 0.2) is 40.9 Å². The second kappa shape index (κ2) is 6.21. The van der Waals surface area contributed by atoms with Crippen molar-refractivity contribution >= 4 is 11.9 Å². The highest BCUT2D eigenvalue weighted by molar-refractivity contribution is 5.90. The lowest BCUT2D eigenvalue weighted by Gasteiger charge is -2.20. The molecule has 1 heterocycles. The van der Waals surface area contributed by atoms with E-state index in [-0.39, 0.29) is 11.7 Å². The van der Waals surface area contributed by atoms with Gasteiger partial charge < -0.3 is 14.2 Å². The summed E-state index contributed by atoms with van der Waals surface area (Å²) in [5, 5.41) is 3.63. The summed E-state index contributed by atoms with van der Waals surface area (Å²) in [5.41, 5.74) is 1.16. The fourth-order valence-electron chi connectivity index (χ4n) is 1.75. The van der Waals surface area contributed by atoms with Crippen molar-refractivity contribution in [3.05, 3.63) is 53.4 Å². The first-order valence-electron chi connectivity index (χ1n) is 6.39. The number of benzene rings is 1. The zero-order valence-corrected chi connectivity index (χ0v) is 12.1. The Bertz CT molecular complexity index is 634. The fourth-order valence-corrected chi connectivity index (χ4v) is 1.75. The van der Waals surface area contributed by atoms with Crippen LogP contribution in [-0.2, 0) is 9.53 Å². The highest BCUT2D eigenvalue weighted by Crippen LogP contribution is 2.21. The van der Waals surface area contributed by atoms with E-state index < -0.39 is 12.1 Å². The third-order valence-corrected chi connectivity index (χ3v) is 2.82. The Morgan fingerprint density at radius 3 is 2.43 bits per heavy atom. The molecule has 0 bridgehead atoms. The third-order valence-electron chi connectivity index (χ3n) is 2.82. The molecule has 6 nitrogen and oxygen atoms in total. The number of aromatic nitrogens is 1. The van der Waals surface area contributed by atoms with Crippen LogP contribution < -0.4 is 0 Å². The Hall–Kier alpha value is -2.63. The molecule has 0 spiro atoms.